The first-order valence-electron chi connectivity index (χ1n) is 10.1. The lowest BCUT2D eigenvalue weighted by atomic mass is 10.0. The fraction of sp³-hybridized carbons (Fsp3) is 0.500. The number of methoxy groups -OCH3 is 1. The Balaban J connectivity index is 0.00000450. The molecule has 7 nitrogen and oxygen atoms in total. The molecule has 1 aromatic heterocycles. The van der Waals surface area contributed by atoms with Crippen molar-refractivity contribution in [3.63, 3.8) is 0 Å². The Hall–Kier alpha value is -1.94. The Morgan fingerprint density at radius 1 is 1.20 bits per heavy atom. The van der Waals surface area contributed by atoms with Crippen molar-refractivity contribution >= 4 is 29.9 Å². The minimum atomic E-state index is -1.15. The third-order valence-corrected chi connectivity index (χ3v) is 4.40. The summed E-state index contributed by atoms with van der Waals surface area (Å²) in [5, 5.41) is 17.1. The molecule has 0 bridgehead atoms. The van der Waals surface area contributed by atoms with E-state index in [4.69, 9.17) is 13.9 Å². The van der Waals surface area contributed by atoms with E-state index in [0.717, 1.165) is 37.4 Å². The number of hydrogen-bond acceptors (Lipinski definition) is 5. The molecule has 2 aromatic rings. The summed E-state index contributed by atoms with van der Waals surface area (Å²) >= 11 is 0. The topological polar surface area (TPSA) is 88.3 Å². The molecule has 0 aliphatic carbocycles. The van der Waals surface area contributed by atoms with Crippen molar-refractivity contribution in [1.82, 2.24) is 10.6 Å². The molecule has 0 aliphatic rings. The Morgan fingerprint density at radius 3 is 2.63 bits per heavy atom. The van der Waals surface area contributed by atoms with Crippen LogP contribution in [-0.2, 0) is 12.0 Å². The van der Waals surface area contributed by atoms with Gasteiger partial charge in [-0.05, 0) is 63.4 Å². The van der Waals surface area contributed by atoms with Gasteiger partial charge in [-0.25, -0.2) is 4.99 Å². The largest absolute Gasteiger partial charge is 0.493 e. The van der Waals surface area contributed by atoms with Crippen LogP contribution >= 0.6 is 24.0 Å². The second-order valence-corrected chi connectivity index (χ2v) is 6.89. The maximum absolute atomic E-state index is 10.5. The molecule has 1 unspecified atom stereocenters. The molecule has 0 saturated heterocycles. The summed E-state index contributed by atoms with van der Waals surface area (Å²) in [4.78, 5) is 4.49. The molecule has 1 atom stereocenters. The van der Waals surface area contributed by atoms with Crippen LogP contribution in [0.25, 0.3) is 0 Å². The number of furan rings is 1. The maximum Gasteiger partial charge on any atom is 0.191 e. The molecular weight excluding hydrogens is 497 g/mol. The first kappa shape index (κ1) is 26.1. The van der Waals surface area contributed by atoms with E-state index in [-0.39, 0.29) is 30.5 Å². The van der Waals surface area contributed by atoms with E-state index < -0.39 is 5.60 Å². The van der Waals surface area contributed by atoms with Crippen LogP contribution in [0.1, 0.15) is 38.5 Å². The summed E-state index contributed by atoms with van der Waals surface area (Å²) in [6, 6.07) is 9.54. The Kier molecular flexibility index (Phi) is 11.6. The average molecular weight is 531 g/mol. The summed E-state index contributed by atoms with van der Waals surface area (Å²) in [5.41, 5.74) is 0.0451. The SMILES string of the molecule is CCNC(=NCC(C)(O)c1ccco1)NCCCc1ccc(OC)c(OCC)c1.I. The van der Waals surface area contributed by atoms with Crippen molar-refractivity contribution in [2.75, 3.05) is 33.4 Å². The number of aliphatic imine (C=N–C) groups is 1. The molecule has 168 valence electrons. The highest BCUT2D eigenvalue weighted by Crippen LogP contribution is 2.28. The smallest absolute Gasteiger partial charge is 0.191 e. The normalized spacial score (nSPS) is 13.2. The van der Waals surface area contributed by atoms with E-state index in [0.29, 0.717) is 18.3 Å². The second kappa shape index (κ2) is 13.4. The van der Waals surface area contributed by atoms with Gasteiger partial charge in [-0.2, -0.15) is 0 Å². The molecular formula is C22H34IN3O4. The Morgan fingerprint density at radius 2 is 2.00 bits per heavy atom. The highest BCUT2D eigenvalue weighted by Gasteiger charge is 2.26. The molecule has 1 aromatic carbocycles. The monoisotopic (exact) mass is 531 g/mol. The second-order valence-electron chi connectivity index (χ2n) is 6.89. The minimum Gasteiger partial charge on any atom is -0.493 e. The molecule has 0 radical (unpaired) electrons. The van der Waals surface area contributed by atoms with E-state index in [1.54, 1.807) is 32.4 Å². The van der Waals surface area contributed by atoms with Crippen molar-refractivity contribution in [2.24, 2.45) is 4.99 Å². The number of nitrogens with one attached hydrogen (secondary N) is 2. The maximum atomic E-state index is 10.5. The van der Waals surface area contributed by atoms with Gasteiger partial charge in [0, 0.05) is 13.1 Å². The van der Waals surface area contributed by atoms with Gasteiger partial charge in [-0.15, -0.1) is 24.0 Å². The molecule has 1 heterocycles. The number of aryl methyl sites for hydroxylation is 1. The lowest BCUT2D eigenvalue weighted by Gasteiger charge is -2.19. The van der Waals surface area contributed by atoms with Crippen LogP contribution in [0.2, 0.25) is 0 Å². The van der Waals surface area contributed by atoms with Gasteiger partial charge < -0.3 is 29.6 Å². The van der Waals surface area contributed by atoms with Gasteiger partial charge in [0.1, 0.15) is 11.4 Å². The fourth-order valence-electron chi connectivity index (χ4n) is 2.88. The molecule has 0 saturated carbocycles. The van der Waals surface area contributed by atoms with Crippen molar-refractivity contribution in [2.45, 2.75) is 39.2 Å². The van der Waals surface area contributed by atoms with Crippen molar-refractivity contribution in [3.8, 4) is 11.5 Å². The van der Waals surface area contributed by atoms with Gasteiger partial charge >= 0.3 is 0 Å². The molecule has 3 N–H and O–H groups in total. The summed E-state index contributed by atoms with van der Waals surface area (Å²) in [5.74, 6) is 2.69. The van der Waals surface area contributed by atoms with Crippen LogP contribution in [0.5, 0.6) is 11.5 Å². The standard InChI is InChI=1S/C22H33N3O4.HI/c1-5-23-21(25-16-22(3,26)20-10-8-14-29-20)24-13-7-9-17-11-12-18(27-4)19(15-17)28-6-2;/h8,10-12,14-15,26H,5-7,9,13,16H2,1-4H3,(H2,23,24,25);1H. The zero-order chi connectivity index (χ0) is 21.1. The molecule has 0 fully saturated rings. The minimum absolute atomic E-state index is 0. The third kappa shape index (κ3) is 8.06. The predicted molar refractivity (Wildman–Crippen MR) is 130 cm³/mol. The highest BCUT2D eigenvalue weighted by atomic mass is 127. The molecule has 0 aliphatic heterocycles. The van der Waals surface area contributed by atoms with E-state index in [1.165, 1.54) is 5.56 Å². The van der Waals surface area contributed by atoms with Crippen LogP contribution in [-0.4, -0.2) is 44.4 Å². The van der Waals surface area contributed by atoms with Gasteiger partial charge in [-0.3, -0.25) is 0 Å². The van der Waals surface area contributed by atoms with Gasteiger partial charge in [0.05, 0.1) is 26.5 Å². The molecule has 8 heteroatoms. The Labute approximate surface area is 196 Å². The van der Waals surface area contributed by atoms with Crippen LogP contribution in [0.3, 0.4) is 0 Å². The predicted octanol–water partition coefficient (Wildman–Crippen LogP) is 3.70. The number of guanidine groups is 1. The zero-order valence-corrected chi connectivity index (χ0v) is 20.6. The van der Waals surface area contributed by atoms with Gasteiger partial charge in [0.2, 0.25) is 0 Å². The van der Waals surface area contributed by atoms with E-state index in [2.05, 4.69) is 21.7 Å². The summed E-state index contributed by atoms with van der Waals surface area (Å²) in [6.07, 6.45) is 3.38. The fourth-order valence-corrected chi connectivity index (χ4v) is 2.88. The van der Waals surface area contributed by atoms with Crippen molar-refractivity contribution in [3.05, 3.63) is 47.9 Å². The number of nitrogens with zero attached hydrogens (tertiary/aromatic N) is 1. The molecule has 0 amide bonds. The van der Waals surface area contributed by atoms with Crippen LogP contribution in [0.4, 0.5) is 0 Å². The van der Waals surface area contributed by atoms with Crippen LogP contribution < -0.4 is 20.1 Å². The lowest BCUT2D eigenvalue weighted by molar-refractivity contribution is 0.0437. The van der Waals surface area contributed by atoms with Crippen molar-refractivity contribution < 1.29 is 19.0 Å². The summed E-state index contributed by atoms with van der Waals surface area (Å²) < 4.78 is 16.3. The molecule has 2 rings (SSSR count). The highest BCUT2D eigenvalue weighted by molar-refractivity contribution is 14.0. The third-order valence-electron chi connectivity index (χ3n) is 4.40. The zero-order valence-electron chi connectivity index (χ0n) is 18.2. The van der Waals surface area contributed by atoms with Gasteiger partial charge in [0.25, 0.3) is 0 Å². The van der Waals surface area contributed by atoms with Crippen LogP contribution in [0, 0.1) is 0 Å². The van der Waals surface area contributed by atoms with Crippen LogP contribution in [0.15, 0.2) is 46.0 Å². The van der Waals surface area contributed by atoms with E-state index >= 15 is 0 Å². The first-order valence-corrected chi connectivity index (χ1v) is 10.1. The first-order chi connectivity index (χ1) is 14.0. The molecule has 0 spiro atoms. The number of halogens is 1. The Bertz CT molecular complexity index is 764. The quantitative estimate of drug-likeness (QED) is 0.178. The number of aliphatic hydroxyl groups is 1. The average Bonchev–Trinajstić information content (AvgIpc) is 3.26. The molecule has 30 heavy (non-hydrogen) atoms. The van der Waals surface area contributed by atoms with Crippen molar-refractivity contribution in [1.29, 1.82) is 0 Å². The van der Waals surface area contributed by atoms with Gasteiger partial charge in [0.15, 0.2) is 17.5 Å². The number of benzene rings is 1. The number of hydrogen-bond donors (Lipinski definition) is 3. The lowest BCUT2D eigenvalue weighted by Crippen LogP contribution is -2.39. The van der Waals surface area contributed by atoms with E-state index in [9.17, 15) is 5.11 Å². The summed E-state index contributed by atoms with van der Waals surface area (Å²) in [7, 11) is 1.65. The number of ether oxygens (including phenoxy) is 2. The van der Waals surface area contributed by atoms with E-state index in [1.807, 2.05) is 26.0 Å². The van der Waals surface area contributed by atoms with Gasteiger partial charge in [-0.1, -0.05) is 6.07 Å². The summed E-state index contributed by atoms with van der Waals surface area (Å²) in [6.45, 7) is 7.96. The number of rotatable bonds is 11.